The first-order valence-electron chi connectivity index (χ1n) is 11.3. The Hall–Kier alpha value is -3.20. The van der Waals surface area contributed by atoms with Crippen molar-refractivity contribution in [3.63, 3.8) is 0 Å². The molecule has 0 radical (unpaired) electrons. The van der Waals surface area contributed by atoms with E-state index in [9.17, 15) is 4.79 Å². The summed E-state index contributed by atoms with van der Waals surface area (Å²) in [4.78, 5) is 23.5. The van der Waals surface area contributed by atoms with Gasteiger partial charge in [-0.05, 0) is 47.5 Å². The summed E-state index contributed by atoms with van der Waals surface area (Å²) in [5.74, 6) is 0.649. The van der Waals surface area contributed by atoms with Crippen LogP contribution in [0.5, 0.6) is 5.75 Å². The SMILES string of the molecule is CONC(=O)[C@@]1(Cc2ccccc2)N=C(c2ccc(OCCCO)cc2)O[C@H]1c1ccc(Br)cc1. The van der Waals surface area contributed by atoms with Gasteiger partial charge in [0.2, 0.25) is 5.90 Å². The first-order valence-corrected chi connectivity index (χ1v) is 12.1. The quantitative estimate of drug-likeness (QED) is 0.295. The lowest BCUT2D eigenvalue weighted by atomic mass is 9.82. The largest absolute Gasteiger partial charge is 0.494 e. The molecule has 8 heteroatoms. The van der Waals surface area contributed by atoms with Gasteiger partial charge in [-0.3, -0.25) is 9.63 Å². The Bertz CT molecular complexity index is 1150. The molecular formula is C27H27BrN2O5. The van der Waals surface area contributed by atoms with Crippen molar-refractivity contribution >= 4 is 27.7 Å². The van der Waals surface area contributed by atoms with Crippen LogP contribution < -0.4 is 10.2 Å². The first-order chi connectivity index (χ1) is 17.1. The Morgan fingerprint density at radius 3 is 2.46 bits per heavy atom. The lowest BCUT2D eigenvalue weighted by Gasteiger charge is -2.30. The van der Waals surface area contributed by atoms with Crippen molar-refractivity contribution in [2.75, 3.05) is 20.3 Å². The highest BCUT2D eigenvalue weighted by Crippen LogP contribution is 2.42. The Morgan fingerprint density at radius 2 is 1.80 bits per heavy atom. The molecule has 0 unspecified atom stereocenters. The van der Waals surface area contributed by atoms with Crippen LogP contribution in [-0.2, 0) is 20.8 Å². The van der Waals surface area contributed by atoms with Gasteiger partial charge in [-0.2, -0.15) is 0 Å². The zero-order valence-corrected chi connectivity index (χ0v) is 20.9. The van der Waals surface area contributed by atoms with E-state index in [2.05, 4.69) is 21.4 Å². The van der Waals surface area contributed by atoms with E-state index in [1.54, 1.807) is 0 Å². The molecule has 2 N–H and O–H groups in total. The molecule has 3 aromatic carbocycles. The molecule has 1 aliphatic rings. The number of hydrogen-bond donors (Lipinski definition) is 2. The molecule has 2 atom stereocenters. The number of carbonyl (C=O) groups is 1. The van der Waals surface area contributed by atoms with E-state index in [-0.39, 0.29) is 6.61 Å². The van der Waals surface area contributed by atoms with Crippen molar-refractivity contribution in [1.82, 2.24) is 5.48 Å². The molecule has 0 fully saturated rings. The number of hydroxylamine groups is 1. The van der Waals surface area contributed by atoms with E-state index < -0.39 is 17.6 Å². The van der Waals surface area contributed by atoms with Crippen molar-refractivity contribution in [3.05, 3.63) is 100 Å². The molecule has 0 saturated carbocycles. The minimum atomic E-state index is -1.29. The molecule has 1 amide bonds. The summed E-state index contributed by atoms with van der Waals surface area (Å²) >= 11 is 3.47. The van der Waals surface area contributed by atoms with Crippen molar-refractivity contribution in [3.8, 4) is 5.75 Å². The summed E-state index contributed by atoms with van der Waals surface area (Å²) in [5, 5.41) is 8.95. The number of aliphatic hydroxyl groups excluding tert-OH is 1. The van der Waals surface area contributed by atoms with E-state index in [1.165, 1.54) is 7.11 Å². The van der Waals surface area contributed by atoms with Crippen molar-refractivity contribution < 1.29 is 24.2 Å². The number of amides is 1. The van der Waals surface area contributed by atoms with Gasteiger partial charge < -0.3 is 14.6 Å². The third-order valence-electron chi connectivity index (χ3n) is 5.71. The number of nitrogens with one attached hydrogen (secondary N) is 1. The second-order valence-electron chi connectivity index (χ2n) is 8.14. The molecule has 0 spiro atoms. The van der Waals surface area contributed by atoms with Crippen LogP contribution in [0.25, 0.3) is 0 Å². The lowest BCUT2D eigenvalue weighted by molar-refractivity contribution is -0.139. The Labute approximate surface area is 212 Å². The molecule has 7 nitrogen and oxygen atoms in total. The van der Waals surface area contributed by atoms with Crippen LogP contribution in [0.4, 0.5) is 0 Å². The highest BCUT2D eigenvalue weighted by atomic mass is 79.9. The Balaban J connectivity index is 1.74. The second-order valence-corrected chi connectivity index (χ2v) is 9.05. The van der Waals surface area contributed by atoms with Crippen LogP contribution in [0.1, 0.15) is 29.2 Å². The fraction of sp³-hybridized carbons (Fsp3) is 0.259. The normalized spacial score (nSPS) is 19.1. The first kappa shape index (κ1) is 24.9. The molecule has 0 aliphatic carbocycles. The fourth-order valence-electron chi connectivity index (χ4n) is 4.01. The summed E-state index contributed by atoms with van der Waals surface area (Å²) in [5.41, 5.74) is 3.69. The second kappa shape index (κ2) is 11.5. The van der Waals surface area contributed by atoms with Crippen LogP contribution in [-0.4, -0.2) is 42.8 Å². The number of aliphatic imine (C=N–C) groups is 1. The highest BCUT2D eigenvalue weighted by molar-refractivity contribution is 9.10. The number of ether oxygens (including phenoxy) is 2. The predicted octanol–water partition coefficient (Wildman–Crippen LogP) is 4.39. The van der Waals surface area contributed by atoms with Gasteiger partial charge in [-0.25, -0.2) is 10.5 Å². The van der Waals surface area contributed by atoms with Gasteiger partial charge in [-0.15, -0.1) is 0 Å². The van der Waals surface area contributed by atoms with Crippen molar-refractivity contribution in [2.45, 2.75) is 24.5 Å². The standard InChI is InChI=1S/C27H27BrN2O5/c1-33-30-26(32)27(18-19-6-3-2-4-7-19)24(20-8-12-22(28)13-9-20)35-25(29-27)21-10-14-23(15-11-21)34-17-5-16-31/h2-4,6-15,24,31H,5,16-18H2,1H3,(H,30,32)/t24-,27-/m0/s1. The highest BCUT2D eigenvalue weighted by Gasteiger charge is 2.53. The zero-order chi connectivity index (χ0) is 24.7. The molecular weight excluding hydrogens is 512 g/mol. The van der Waals surface area contributed by atoms with Gasteiger partial charge in [-0.1, -0.05) is 58.4 Å². The summed E-state index contributed by atoms with van der Waals surface area (Å²) in [6, 6.07) is 24.7. The smallest absolute Gasteiger partial charge is 0.276 e. The van der Waals surface area contributed by atoms with Crippen LogP contribution >= 0.6 is 15.9 Å². The van der Waals surface area contributed by atoms with Crippen LogP contribution in [0, 0.1) is 0 Å². The van der Waals surface area contributed by atoms with E-state index in [0.717, 1.165) is 21.2 Å². The monoisotopic (exact) mass is 538 g/mol. The van der Waals surface area contributed by atoms with E-state index >= 15 is 0 Å². The van der Waals surface area contributed by atoms with Crippen molar-refractivity contribution in [2.24, 2.45) is 4.99 Å². The summed E-state index contributed by atoms with van der Waals surface area (Å²) in [6.07, 6.45) is 0.194. The number of aliphatic hydroxyl groups is 1. The van der Waals surface area contributed by atoms with Gasteiger partial charge in [0.25, 0.3) is 5.91 Å². The van der Waals surface area contributed by atoms with Gasteiger partial charge in [0.15, 0.2) is 11.6 Å². The minimum absolute atomic E-state index is 0.0766. The molecule has 35 heavy (non-hydrogen) atoms. The molecule has 0 bridgehead atoms. The fourth-order valence-corrected chi connectivity index (χ4v) is 4.27. The van der Waals surface area contributed by atoms with Crippen LogP contribution in [0.3, 0.4) is 0 Å². The molecule has 0 aromatic heterocycles. The molecule has 0 saturated heterocycles. The number of rotatable bonds is 10. The lowest BCUT2D eigenvalue weighted by Crippen LogP contribution is -2.49. The average molecular weight is 539 g/mol. The molecule has 1 heterocycles. The van der Waals surface area contributed by atoms with Crippen LogP contribution in [0.15, 0.2) is 88.3 Å². The molecule has 4 rings (SSSR count). The summed E-state index contributed by atoms with van der Waals surface area (Å²) < 4.78 is 13.0. The number of hydrogen-bond acceptors (Lipinski definition) is 6. The van der Waals surface area contributed by atoms with Gasteiger partial charge >= 0.3 is 0 Å². The maximum Gasteiger partial charge on any atom is 0.276 e. The topological polar surface area (TPSA) is 89.4 Å². The van der Waals surface area contributed by atoms with Crippen LogP contribution in [0.2, 0.25) is 0 Å². The Kier molecular flexibility index (Phi) is 8.17. The zero-order valence-electron chi connectivity index (χ0n) is 19.3. The van der Waals surface area contributed by atoms with Gasteiger partial charge in [0.05, 0.1) is 13.7 Å². The predicted molar refractivity (Wildman–Crippen MR) is 136 cm³/mol. The molecule has 3 aromatic rings. The summed E-state index contributed by atoms with van der Waals surface area (Å²) in [7, 11) is 1.40. The van der Waals surface area contributed by atoms with E-state index in [1.807, 2.05) is 78.9 Å². The van der Waals surface area contributed by atoms with Crippen molar-refractivity contribution in [1.29, 1.82) is 0 Å². The van der Waals surface area contributed by atoms with Gasteiger partial charge in [0, 0.05) is 29.5 Å². The third-order valence-corrected chi connectivity index (χ3v) is 6.24. The third kappa shape index (κ3) is 5.73. The summed E-state index contributed by atoms with van der Waals surface area (Å²) in [6.45, 7) is 0.503. The maximum atomic E-state index is 13.5. The van der Waals surface area contributed by atoms with E-state index in [0.29, 0.717) is 31.1 Å². The molecule has 182 valence electrons. The molecule has 1 aliphatic heterocycles. The van der Waals surface area contributed by atoms with E-state index in [4.69, 9.17) is 24.4 Å². The minimum Gasteiger partial charge on any atom is -0.494 e. The number of carbonyl (C=O) groups excluding carboxylic acids is 1. The number of nitrogens with zero attached hydrogens (tertiary/aromatic N) is 1. The number of halogens is 1. The Morgan fingerprint density at radius 1 is 1.09 bits per heavy atom. The number of benzene rings is 3. The average Bonchev–Trinajstić information content (AvgIpc) is 3.26. The van der Waals surface area contributed by atoms with Gasteiger partial charge in [0.1, 0.15) is 5.75 Å². The maximum absolute atomic E-state index is 13.5.